The molecule has 0 unspecified atom stereocenters. The van der Waals surface area contributed by atoms with Crippen LogP contribution in [0.1, 0.15) is 16.6 Å². The standard InChI is InChI=1S/C7H6N4S/c1-4-6(10)12-7(11-4)5(2-8)3-9/h5H,10H2,1H3. The minimum Gasteiger partial charge on any atom is -0.389 e. The van der Waals surface area contributed by atoms with E-state index in [1.165, 1.54) is 11.3 Å². The van der Waals surface area contributed by atoms with Gasteiger partial charge in [-0.3, -0.25) is 0 Å². The number of aryl methyl sites for hydroxylation is 1. The van der Waals surface area contributed by atoms with Gasteiger partial charge >= 0.3 is 0 Å². The van der Waals surface area contributed by atoms with Gasteiger partial charge in [-0.2, -0.15) is 10.5 Å². The van der Waals surface area contributed by atoms with Crippen LogP contribution in [0, 0.1) is 29.6 Å². The summed E-state index contributed by atoms with van der Waals surface area (Å²) >= 11 is 1.19. The highest BCUT2D eigenvalue weighted by molar-refractivity contribution is 7.15. The third kappa shape index (κ3) is 1.36. The van der Waals surface area contributed by atoms with Gasteiger partial charge in [0.15, 0.2) is 5.92 Å². The first-order chi connectivity index (χ1) is 5.69. The number of nitrogens with two attached hydrogens (primary N) is 1. The molecule has 1 heterocycles. The largest absolute Gasteiger partial charge is 0.389 e. The number of rotatable bonds is 1. The SMILES string of the molecule is Cc1nc(C(C#N)C#N)sc1N. The average Bonchev–Trinajstić information content (AvgIpc) is 2.35. The van der Waals surface area contributed by atoms with Crippen molar-refractivity contribution >= 4 is 16.3 Å². The van der Waals surface area contributed by atoms with Gasteiger partial charge in [-0.1, -0.05) is 11.3 Å². The normalized spacial score (nSPS) is 9.33. The Hall–Kier alpha value is -1.59. The van der Waals surface area contributed by atoms with Crippen molar-refractivity contribution in [2.45, 2.75) is 12.8 Å². The predicted molar refractivity (Wildman–Crippen MR) is 45.2 cm³/mol. The van der Waals surface area contributed by atoms with E-state index in [0.29, 0.717) is 15.7 Å². The predicted octanol–water partition coefficient (Wildman–Crippen LogP) is 1.16. The van der Waals surface area contributed by atoms with E-state index in [-0.39, 0.29) is 0 Å². The lowest BCUT2D eigenvalue weighted by Gasteiger charge is -1.88. The third-order valence-electron chi connectivity index (χ3n) is 1.35. The molecule has 12 heavy (non-hydrogen) atoms. The number of nitrogens with zero attached hydrogens (tertiary/aromatic N) is 3. The van der Waals surface area contributed by atoms with Gasteiger partial charge in [-0.25, -0.2) is 4.98 Å². The molecular weight excluding hydrogens is 172 g/mol. The van der Waals surface area contributed by atoms with Crippen molar-refractivity contribution in [3.05, 3.63) is 10.7 Å². The summed E-state index contributed by atoms with van der Waals surface area (Å²) in [5, 5.41) is 18.1. The first-order valence-corrected chi connectivity index (χ1v) is 4.02. The van der Waals surface area contributed by atoms with Crippen molar-refractivity contribution in [3.8, 4) is 12.1 Å². The van der Waals surface area contributed by atoms with Crippen LogP contribution in [0.15, 0.2) is 0 Å². The van der Waals surface area contributed by atoms with Gasteiger partial charge in [0.1, 0.15) is 10.0 Å². The van der Waals surface area contributed by atoms with Crippen LogP contribution in [-0.2, 0) is 0 Å². The van der Waals surface area contributed by atoms with Crippen LogP contribution in [0.5, 0.6) is 0 Å². The van der Waals surface area contributed by atoms with Crippen LogP contribution in [-0.4, -0.2) is 4.98 Å². The monoisotopic (exact) mass is 178 g/mol. The lowest BCUT2D eigenvalue weighted by Crippen LogP contribution is -1.89. The first-order valence-electron chi connectivity index (χ1n) is 3.21. The Bertz CT molecular complexity index is 334. The molecule has 0 aliphatic carbocycles. The number of hydrogen-bond acceptors (Lipinski definition) is 5. The second-order valence-electron chi connectivity index (χ2n) is 2.19. The lowest BCUT2D eigenvalue weighted by atomic mass is 10.2. The molecule has 0 amide bonds. The van der Waals surface area contributed by atoms with Crippen molar-refractivity contribution in [1.82, 2.24) is 4.98 Å². The molecule has 1 aromatic heterocycles. The minimum absolute atomic E-state index is 0.481. The Labute approximate surface area is 73.9 Å². The Balaban J connectivity index is 3.07. The second kappa shape index (κ2) is 3.21. The highest BCUT2D eigenvalue weighted by atomic mass is 32.1. The minimum atomic E-state index is -0.786. The summed E-state index contributed by atoms with van der Waals surface area (Å²) in [6, 6.07) is 3.68. The Morgan fingerprint density at radius 1 is 1.50 bits per heavy atom. The first kappa shape index (κ1) is 8.51. The molecule has 0 bridgehead atoms. The zero-order valence-electron chi connectivity index (χ0n) is 6.40. The van der Waals surface area contributed by atoms with Crippen molar-refractivity contribution in [3.63, 3.8) is 0 Å². The fraction of sp³-hybridized carbons (Fsp3) is 0.286. The molecule has 0 aliphatic rings. The number of nitrogen functional groups attached to an aromatic ring is 1. The summed E-state index contributed by atoms with van der Waals surface area (Å²) in [5.74, 6) is -0.786. The molecule has 0 saturated carbocycles. The Morgan fingerprint density at radius 2 is 2.08 bits per heavy atom. The Morgan fingerprint density at radius 3 is 2.42 bits per heavy atom. The topological polar surface area (TPSA) is 86.5 Å². The molecule has 0 radical (unpaired) electrons. The molecule has 4 nitrogen and oxygen atoms in total. The van der Waals surface area contributed by atoms with E-state index in [1.807, 2.05) is 12.1 Å². The maximum absolute atomic E-state index is 8.53. The molecule has 0 aromatic carbocycles. The van der Waals surface area contributed by atoms with E-state index in [9.17, 15) is 0 Å². The molecule has 0 spiro atoms. The van der Waals surface area contributed by atoms with Crippen LogP contribution in [0.4, 0.5) is 5.00 Å². The number of anilines is 1. The summed E-state index contributed by atoms with van der Waals surface area (Å²) in [6.07, 6.45) is 0. The molecule has 2 N–H and O–H groups in total. The van der Waals surface area contributed by atoms with E-state index < -0.39 is 5.92 Å². The second-order valence-corrected chi connectivity index (χ2v) is 3.26. The highest BCUT2D eigenvalue weighted by Crippen LogP contribution is 2.25. The molecule has 0 fully saturated rings. The van der Waals surface area contributed by atoms with E-state index in [0.717, 1.165) is 0 Å². The van der Waals surface area contributed by atoms with Crippen LogP contribution in [0.3, 0.4) is 0 Å². The van der Waals surface area contributed by atoms with E-state index in [1.54, 1.807) is 6.92 Å². The number of aromatic nitrogens is 1. The van der Waals surface area contributed by atoms with Gasteiger partial charge in [-0.05, 0) is 6.92 Å². The quantitative estimate of drug-likeness (QED) is 0.699. The van der Waals surface area contributed by atoms with Crippen molar-refractivity contribution in [2.75, 3.05) is 5.73 Å². The van der Waals surface area contributed by atoms with E-state index in [2.05, 4.69) is 4.98 Å². The van der Waals surface area contributed by atoms with E-state index >= 15 is 0 Å². The third-order valence-corrected chi connectivity index (χ3v) is 2.41. The molecule has 1 aromatic rings. The maximum Gasteiger partial charge on any atom is 0.184 e. The molecule has 1 rings (SSSR count). The summed E-state index contributed by atoms with van der Waals surface area (Å²) in [4.78, 5) is 4.00. The summed E-state index contributed by atoms with van der Waals surface area (Å²) in [5.41, 5.74) is 6.21. The number of thiazole rings is 1. The van der Waals surface area contributed by atoms with Crippen molar-refractivity contribution in [2.24, 2.45) is 0 Å². The van der Waals surface area contributed by atoms with Gasteiger partial charge in [0.25, 0.3) is 0 Å². The van der Waals surface area contributed by atoms with Crippen molar-refractivity contribution in [1.29, 1.82) is 10.5 Å². The van der Waals surface area contributed by atoms with Crippen LogP contribution in [0.25, 0.3) is 0 Å². The van der Waals surface area contributed by atoms with Crippen LogP contribution >= 0.6 is 11.3 Å². The van der Waals surface area contributed by atoms with Gasteiger partial charge < -0.3 is 5.73 Å². The zero-order valence-corrected chi connectivity index (χ0v) is 7.22. The lowest BCUT2D eigenvalue weighted by molar-refractivity contribution is 1.04. The zero-order chi connectivity index (χ0) is 9.14. The summed E-state index contributed by atoms with van der Waals surface area (Å²) in [6.45, 7) is 1.75. The van der Waals surface area contributed by atoms with Gasteiger partial charge in [-0.15, -0.1) is 0 Å². The number of nitriles is 2. The number of hydrogen-bond donors (Lipinski definition) is 1. The van der Waals surface area contributed by atoms with E-state index in [4.69, 9.17) is 16.3 Å². The molecule has 60 valence electrons. The molecule has 0 saturated heterocycles. The van der Waals surface area contributed by atoms with Crippen molar-refractivity contribution < 1.29 is 0 Å². The Kier molecular flexibility index (Phi) is 2.27. The maximum atomic E-state index is 8.53. The summed E-state index contributed by atoms with van der Waals surface area (Å²) < 4.78 is 0. The molecular formula is C7H6N4S. The van der Waals surface area contributed by atoms with Crippen LogP contribution < -0.4 is 5.73 Å². The van der Waals surface area contributed by atoms with Gasteiger partial charge in [0, 0.05) is 0 Å². The highest BCUT2D eigenvalue weighted by Gasteiger charge is 2.14. The van der Waals surface area contributed by atoms with Gasteiger partial charge in [0.05, 0.1) is 17.8 Å². The summed E-state index contributed by atoms with van der Waals surface area (Å²) in [7, 11) is 0. The van der Waals surface area contributed by atoms with Gasteiger partial charge in [0.2, 0.25) is 0 Å². The smallest absolute Gasteiger partial charge is 0.184 e. The molecule has 5 heteroatoms. The molecule has 0 atom stereocenters. The fourth-order valence-electron chi connectivity index (χ4n) is 0.693. The molecule has 0 aliphatic heterocycles. The fourth-order valence-corrected chi connectivity index (χ4v) is 1.52. The average molecular weight is 178 g/mol. The van der Waals surface area contributed by atoms with Crippen LogP contribution in [0.2, 0.25) is 0 Å².